The Morgan fingerprint density at radius 3 is 2.36 bits per heavy atom. The summed E-state index contributed by atoms with van der Waals surface area (Å²) >= 11 is 0. The van der Waals surface area contributed by atoms with Gasteiger partial charge in [0.05, 0.1) is 0 Å². The number of para-hydroxylation sites is 1. The van der Waals surface area contributed by atoms with Gasteiger partial charge in [0.2, 0.25) is 5.91 Å². The van der Waals surface area contributed by atoms with Crippen LogP contribution in [0.2, 0.25) is 0 Å². The van der Waals surface area contributed by atoms with E-state index in [1.807, 2.05) is 23.1 Å². The fraction of sp³-hybridized carbons (Fsp3) is 0.391. The van der Waals surface area contributed by atoms with Crippen molar-refractivity contribution in [1.29, 1.82) is 0 Å². The smallest absolute Gasteiger partial charge is 0.253 e. The van der Waals surface area contributed by atoms with E-state index in [0.29, 0.717) is 31.5 Å². The summed E-state index contributed by atoms with van der Waals surface area (Å²) in [5, 5.41) is 0. The monoisotopic (exact) mass is 380 g/mol. The first kappa shape index (κ1) is 18.7. The van der Waals surface area contributed by atoms with E-state index in [4.69, 9.17) is 0 Å². The maximum absolute atomic E-state index is 13.2. The van der Waals surface area contributed by atoms with Crippen molar-refractivity contribution in [2.24, 2.45) is 5.92 Å². The highest BCUT2D eigenvalue weighted by Gasteiger charge is 2.32. The first-order valence-electron chi connectivity index (χ1n) is 10.1. The van der Waals surface area contributed by atoms with Crippen molar-refractivity contribution in [3.8, 4) is 0 Å². The molecule has 146 valence electrons. The SMILES string of the molecule is O=C(c1ccc(F)cc1)N1CCC(C(=O)N2CCCCc3ccccc32)CC1. The largest absolute Gasteiger partial charge is 0.339 e. The summed E-state index contributed by atoms with van der Waals surface area (Å²) in [5.41, 5.74) is 2.79. The van der Waals surface area contributed by atoms with Crippen LogP contribution in [0.25, 0.3) is 0 Å². The molecule has 0 unspecified atom stereocenters. The van der Waals surface area contributed by atoms with E-state index >= 15 is 0 Å². The van der Waals surface area contributed by atoms with Gasteiger partial charge in [-0.05, 0) is 68.0 Å². The molecule has 4 rings (SSSR count). The van der Waals surface area contributed by atoms with Gasteiger partial charge in [0.1, 0.15) is 5.82 Å². The third-order valence-electron chi connectivity index (χ3n) is 5.85. The second-order valence-electron chi connectivity index (χ2n) is 7.65. The van der Waals surface area contributed by atoms with E-state index in [9.17, 15) is 14.0 Å². The molecule has 1 saturated heterocycles. The summed E-state index contributed by atoms with van der Waals surface area (Å²) in [5.74, 6) is -0.309. The van der Waals surface area contributed by atoms with E-state index in [1.54, 1.807) is 4.90 Å². The van der Waals surface area contributed by atoms with Crippen LogP contribution in [-0.2, 0) is 11.2 Å². The molecule has 0 aliphatic carbocycles. The van der Waals surface area contributed by atoms with Crippen molar-refractivity contribution < 1.29 is 14.0 Å². The van der Waals surface area contributed by atoms with Crippen LogP contribution in [0.15, 0.2) is 48.5 Å². The highest BCUT2D eigenvalue weighted by atomic mass is 19.1. The van der Waals surface area contributed by atoms with Crippen LogP contribution in [0.1, 0.15) is 41.6 Å². The lowest BCUT2D eigenvalue weighted by molar-refractivity contribution is -0.123. The van der Waals surface area contributed by atoms with Crippen molar-refractivity contribution in [2.45, 2.75) is 32.1 Å². The van der Waals surface area contributed by atoms with E-state index in [-0.39, 0.29) is 23.5 Å². The third-order valence-corrected chi connectivity index (χ3v) is 5.85. The number of anilines is 1. The van der Waals surface area contributed by atoms with Gasteiger partial charge in [-0.25, -0.2) is 4.39 Å². The average molecular weight is 380 g/mol. The summed E-state index contributed by atoms with van der Waals surface area (Å²) < 4.78 is 13.1. The molecule has 2 aliphatic heterocycles. The Hall–Kier alpha value is -2.69. The maximum atomic E-state index is 13.2. The number of aryl methyl sites for hydroxylation is 1. The number of fused-ring (bicyclic) bond motifs is 1. The maximum Gasteiger partial charge on any atom is 0.253 e. The lowest BCUT2D eigenvalue weighted by Gasteiger charge is -2.34. The van der Waals surface area contributed by atoms with Crippen LogP contribution in [0, 0.1) is 11.7 Å². The molecule has 2 heterocycles. The molecule has 0 aromatic heterocycles. The molecule has 4 nitrogen and oxygen atoms in total. The predicted molar refractivity (Wildman–Crippen MR) is 107 cm³/mol. The summed E-state index contributed by atoms with van der Waals surface area (Å²) in [6.07, 6.45) is 4.48. The first-order valence-corrected chi connectivity index (χ1v) is 10.1. The Labute approximate surface area is 164 Å². The molecule has 0 N–H and O–H groups in total. The average Bonchev–Trinajstić information content (AvgIpc) is 2.96. The van der Waals surface area contributed by atoms with Gasteiger partial charge in [-0.2, -0.15) is 0 Å². The highest BCUT2D eigenvalue weighted by Crippen LogP contribution is 2.30. The molecular formula is C23H25FN2O2. The molecule has 0 bridgehead atoms. The Kier molecular flexibility index (Phi) is 5.42. The molecule has 0 radical (unpaired) electrons. The Morgan fingerprint density at radius 2 is 1.61 bits per heavy atom. The van der Waals surface area contributed by atoms with Gasteiger partial charge in [0, 0.05) is 36.8 Å². The summed E-state index contributed by atoms with van der Waals surface area (Å²) in [6.45, 7) is 1.88. The number of piperidine rings is 1. The third kappa shape index (κ3) is 3.79. The van der Waals surface area contributed by atoms with E-state index in [1.165, 1.54) is 29.8 Å². The molecule has 1 fully saturated rings. The number of carbonyl (C=O) groups excluding carboxylic acids is 2. The second kappa shape index (κ2) is 8.13. The van der Waals surface area contributed by atoms with Crippen LogP contribution in [0.4, 0.5) is 10.1 Å². The standard InChI is InChI=1S/C23H25FN2O2/c24-20-10-8-18(9-11-20)22(27)25-15-12-19(13-16-25)23(28)26-14-4-3-6-17-5-1-2-7-21(17)26/h1-2,5,7-11,19H,3-4,6,12-16H2. The second-order valence-corrected chi connectivity index (χ2v) is 7.65. The number of hydrogen-bond donors (Lipinski definition) is 0. The van der Waals surface area contributed by atoms with E-state index in [0.717, 1.165) is 31.5 Å². The number of carbonyl (C=O) groups is 2. The van der Waals surface area contributed by atoms with E-state index in [2.05, 4.69) is 6.07 Å². The summed E-state index contributed by atoms with van der Waals surface area (Å²) in [6, 6.07) is 13.8. The van der Waals surface area contributed by atoms with Gasteiger partial charge in [0.15, 0.2) is 0 Å². The Morgan fingerprint density at radius 1 is 0.893 bits per heavy atom. The lowest BCUT2D eigenvalue weighted by Crippen LogP contribution is -2.44. The Bertz CT molecular complexity index is 857. The van der Waals surface area contributed by atoms with Gasteiger partial charge >= 0.3 is 0 Å². The predicted octanol–water partition coefficient (Wildman–Crippen LogP) is 4.05. The van der Waals surface area contributed by atoms with Gasteiger partial charge < -0.3 is 9.80 Å². The first-order chi connectivity index (χ1) is 13.6. The van der Waals surface area contributed by atoms with Crippen LogP contribution in [0.3, 0.4) is 0 Å². The van der Waals surface area contributed by atoms with Crippen molar-refractivity contribution in [1.82, 2.24) is 4.90 Å². The van der Waals surface area contributed by atoms with Crippen molar-refractivity contribution >= 4 is 17.5 Å². The van der Waals surface area contributed by atoms with Gasteiger partial charge in [-0.15, -0.1) is 0 Å². The lowest BCUT2D eigenvalue weighted by atomic mass is 9.94. The molecule has 28 heavy (non-hydrogen) atoms. The zero-order valence-electron chi connectivity index (χ0n) is 15.9. The van der Waals surface area contributed by atoms with Crippen LogP contribution in [0.5, 0.6) is 0 Å². The number of amides is 2. The number of rotatable bonds is 2. The highest BCUT2D eigenvalue weighted by molar-refractivity contribution is 5.97. The zero-order valence-corrected chi connectivity index (χ0v) is 15.9. The quantitative estimate of drug-likeness (QED) is 0.789. The minimum Gasteiger partial charge on any atom is -0.339 e. The molecule has 5 heteroatoms. The summed E-state index contributed by atoms with van der Waals surface area (Å²) in [7, 11) is 0. The van der Waals surface area contributed by atoms with Gasteiger partial charge in [-0.1, -0.05) is 18.2 Å². The van der Waals surface area contributed by atoms with E-state index < -0.39 is 0 Å². The number of likely N-dealkylation sites (tertiary alicyclic amines) is 1. The normalized spacial score (nSPS) is 17.8. The molecule has 2 aromatic carbocycles. The topological polar surface area (TPSA) is 40.6 Å². The molecule has 0 saturated carbocycles. The molecule has 2 aliphatic rings. The van der Waals surface area contributed by atoms with Gasteiger partial charge in [-0.3, -0.25) is 9.59 Å². The van der Waals surface area contributed by atoms with Crippen molar-refractivity contribution in [3.63, 3.8) is 0 Å². The van der Waals surface area contributed by atoms with Crippen molar-refractivity contribution in [2.75, 3.05) is 24.5 Å². The molecular weight excluding hydrogens is 355 g/mol. The van der Waals surface area contributed by atoms with Crippen LogP contribution >= 0.6 is 0 Å². The van der Waals surface area contributed by atoms with Gasteiger partial charge in [0.25, 0.3) is 5.91 Å². The fourth-order valence-electron chi connectivity index (χ4n) is 4.25. The fourth-order valence-corrected chi connectivity index (χ4v) is 4.25. The zero-order chi connectivity index (χ0) is 19.5. The summed E-state index contributed by atoms with van der Waals surface area (Å²) in [4.78, 5) is 29.6. The number of nitrogens with zero attached hydrogens (tertiary/aromatic N) is 2. The minimum absolute atomic E-state index is 0.0524. The number of hydrogen-bond acceptors (Lipinski definition) is 2. The van der Waals surface area contributed by atoms with Crippen molar-refractivity contribution in [3.05, 3.63) is 65.5 Å². The molecule has 0 atom stereocenters. The number of benzene rings is 2. The van der Waals surface area contributed by atoms with Crippen LogP contribution < -0.4 is 4.90 Å². The van der Waals surface area contributed by atoms with Crippen LogP contribution in [-0.4, -0.2) is 36.3 Å². The molecule has 2 aromatic rings. The molecule has 2 amide bonds. The molecule has 0 spiro atoms. The number of halogens is 1. The Balaban J connectivity index is 1.42. The minimum atomic E-state index is -0.349.